The van der Waals surface area contributed by atoms with Gasteiger partial charge in [0.25, 0.3) is 0 Å². The van der Waals surface area contributed by atoms with Gasteiger partial charge in [-0.2, -0.15) is 5.10 Å². The van der Waals surface area contributed by atoms with E-state index in [1.807, 2.05) is 31.7 Å². The molecule has 0 aliphatic heterocycles. The molecule has 1 saturated carbocycles. The summed E-state index contributed by atoms with van der Waals surface area (Å²) in [6.45, 7) is 7.10. The van der Waals surface area contributed by atoms with Gasteiger partial charge in [-0.3, -0.25) is 9.48 Å². The summed E-state index contributed by atoms with van der Waals surface area (Å²) in [7, 11) is 0. The van der Waals surface area contributed by atoms with Crippen molar-refractivity contribution in [3.8, 4) is 0 Å². The van der Waals surface area contributed by atoms with Crippen molar-refractivity contribution in [2.75, 3.05) is 6.54 Å². The summed E-state index contributed by atoms with van der Waals surface area (Å²) in [5.74, 6) is 0.166. The third-order valence-electron chi connectivity index (χ3n) is 4.23. The minimum Gasteiger partial charge on any atom is -0.338 e. The highest BCUT2D eigenvalue weighted by atomic mass is 16.2. The number of nitrogens with zero attached hydrogens (tertiary/aromatic N) is 3. The number of hydrogen-bond donors (Lipinski definition) is 1. The first-order chi connectivity index (χ1) is 9.51. The molecule has 0 saturated heterocycles. The topological polar surface area (TPSA) is 64.2 Å². The summed E-state index contributed by atoms with van der Waals surface area (Å²) >= 11 is 0. The number of aryl methyl sites for hydroxylation is 2. The largest absolute Gasteiger partial charge is 0.338 e. The van der Waals surface area contributed by atoms with E-state index in [0.717, 1.165) is 43.6 Å². The van der Waals surface area contributed by atoms with Crippen LogP contribution >= 0.6 is 0 Å². The van der Waals surface area contributed by atoms with Gasteiger partial charge in [0.05, 0.1) is 5.69 Å². The summed E-state index contributed by atoms with van der Waals surface area (Å²) < 4.78 is 1.80. The maximum absolute atomic E-state index is 12.5. The molecule has 0 spiro atoms. The van der Waals surface area contributed by atoms with Crippen molar-refractivity contribution in [2.45, 2.75) is 65.1 Å². The number of rotatable bonds is 4. The average Bonchev–Trinajstić information content (AvgIpc) is 2.71. The van der Waals surface area contributed by atoms with E-state index >= 15 is 0 Å². The fourth-order valence-electron chi connectivity index (χ4n) is 3.11. The van der Waals surface area contributed by atoms with Crippen molar-refractivity contribution in [3.63, 3.8) is 0 Å². The number of aromatic nitrogens is 2. The van der Waals surface area contributed by atoms with Crippen molar-refractivity contribution >= 4 is 5.91 Å². The first-order valence-corrected chi connectivity index (χ1v) is 7.57. The van der Waals surface area contributed by atoms with Crippen LogP contribution in [-0.2, 0) is 11.3 Å². The molecular weight excluding hydrogens is 252 g/mol. The molecule has 2 rings (SSSR count). The van der Waals surface area contributed by atoms with E-state index in [0.29, 0.717) is 18.6 Å². The smallest absolute Gasteiger partial charge is 0.244 e. The summed E-state index contributed by atoms with van der Waals surface area (Å²) in [6, 6.07) is 2.67. The van der Waals surface area contributed by atoms with Gasteiger partial charge in [-0.05, 0) is 52.5 Å². The summed E-state index contributed by atoms with van der Waals surface area (Å²) in [5.41, 5.74) is 7.94. The lowest BCUT2D eigenvalue weighted by atomic mass is 9.90. The molecular formula is C15H26N4O. The van der Waals surface area contributed by atoms with Crippen LogP contribution in [0, 0.1) is 13.8 Å². The molecule has 112 valence electrons. The molecule has 1 amide bonds. The molecule has 1 fully saturated rings. The Balaban J connectivity index is 2.00. The van der Waals surface area contributed by atoms with Crippen molar-refractivity contribution in [1.29, 1.82) is 0 Å². The van der Waals surface area contributed by atoms with E-state index < -0.39 is 0 Å². The zero-order valence-corrected chi connectivity index (χ0v) is 12.8. The standard InChI is InChI=1S/C15H26N4O/c1-4-18(14-7-5-13(16)6-8-14)15(20)10-19-12(3)9-11(2)17-19/h9,13-14H,4-8,10,16H2,1-3H3. The summed E-state index contributed by atoms with van der Waals surface area (Å²) in [5, 5.41) is 4.37. The summed E-state index contributed by atoms with van der Waals surface area (Å²) in [6.07, 6.45) is 4.10. The molecule has 2 N–H and O–H groups in total. The van der Waals surface area contributed by atoms with Crippen LogP contribution in [0.4, 0.5) is 0 Å². The lowest BCUT2D eigenvalue weighted by Gasteiger charge is -2.35. The predicted molar refractivity (Wildman–Crippen MR) is 79.3 cm³/mol. The van der Waals surface area contributed by atoms with Crippen molar-refractivity contribution < 1.29 is 4.79 Å². The summed E-state index contributed by atoms with van der Waals surface area (Å²) in [4.78, 5) is 14.5. The second-order valence-electron chi connectivity index (χ2n) is 5.83. The molecule has 1 aliphatic carbocycles. The van der Waals surface area contributed by atoms with Crippen LogP contribution in [-0.4, -0.2) is 39.2 Å². The number of hydrogen-bond acceptors (Lipinski definition) is 3. The van der Waals surface area contributed by atoms with Crippen molar-refractivity contribution in [1.82, 2.24) is 14.7 Å². The Morgan fingerprint density at radius 2 is 2.05 bits per heavy atom. The fraction of sp³-hybridized carbons (Fsp3) is 0.733. The zero-order chi connectivity index (χ0) is 14.7. The van der Waals surface area contributed by atoms with Gasteiger partial charge in [-0.1, -0.05) is 0 Å². The van der Waals surface area contributed by atoms with Gasteiger partial charge in [-0.25, -0.2) is 0 Å². The number of amides is 1. The molecule has 0 unspecified atom stereocenters. The van der Waals surface area contributed by atoms with Crippen LogP contribution in [0.2, 0.25) is 0 Å². The monoisotopic (exact) mass is 278 g/mol. The molecule has 0 bridgehead atoms. The highest BCUT2D eigenvalue weighted by molar-refractivity contribution is 5.76. The third kappa shape index (κ3) is 3.39. The van der Waals surface area contributed by atoms with E-state index in [-0.39, 0.29) is 5.91 Å². The van der Waals surface area contributed by atoms with E-state index in [9.17, 15) is 4.79 Å². The molecule has 1 aromatic rings. The maximum Gasteiger partial charge on any atom is 0.244 e. The van der Waals surface area contributed by atoms with Crippen LogP contribution in [0.1, 0.15) is 44.0 Å². The molecule has 5 heteroatoms. The van der Waals surface area contributed by atoms with Gasteiger partial charge < -0.3 is 10.6 Å². The lowest BCUT2D eigenvalue weighted by molar-refractivity contribution is -0.134. The number of carbonyl (C=O) groups is 1. The molecule has 0 aromatic carbocycles. The van der Waals surface area contributed by atoms with Gasteiger partial charge in [-0.15, -0.1) is 0 Å². The van der Waals surface area contributed by atoms with Crippen molar-refractivity contribution in [3.05, 3.63) is 17.5 Å². The van der Waals surface area contributed by atoms with E-state index in [2.05, 4.69) is 5.10 Å². The minimum atomic E-state index is 0.166. The van der Waals surface area contributed by atoms with Gasteiger partial charge in [0.2, 0.25) is 5.91 Å². The highest BCUT2D eigenvalue weighted by Gasteiger charge is 2.26. The van der Waals surface area contributed by atoms with Crippen LogP contribution in [0.5, 0.6) is 0 Å². The Labute approximate surface area is 121 Å². The molecule has 1 heterocycles. The lowest BCUT2D eigenvalue weighted by Crippen LogP contribution is -2.45. The van der Waals surface area contributed by atoms with Crippen LogP contribution in [0.25, 0.3) is 0 Å². The Morgan fingerprint density at radius 1 is 1.40 bits per heavy atom. The molecule has 20 heavy (non-hydrogen) atoms. The minimum absolute atomic E-state index is 0.166. The number of nitrogens with two attached hydrogens (primary N) is 1. The SMILES string of the molecule is CCN(C(=O)Cn1nc(C)cc1C)C1CCC(N)CC1. The molecule has 1 aliphatic rings. The third-order valence-corrected chi connectivity index (χ3v) is 4.23. The first-order valence-electron chi connectivity index (χ1n) is 7.57. The molecule has 5 nitrogen and oxygen atoms in total. The van der Waals surface area contributed by atoms with Gasteiger partial charge in [0.15, 0.2) is 0 Å². The van der Waals surface area contributed by atoms with E-state index in [1.54, 1.807) is 4.68 Å². The normalized spacial score (nSPS) is 22.8. The Kier molecular flexibility index (Phi) is 4.81. The fourth-order valence-corrected chi connectivity index (χ4v) is 3.11. The van der Waals surface area contributed by atoms with E-state index in [4.69, 9.17) is 5.73 Å². The van der Waals surface area contributed by atoms with Gasteiger partial charge in [0.1, 0.15) is 6.54 Å². The van der Waals surface area contributed by atoms with Crippen LogP contribution in [0.15, 0.2) is 6.07 Å². The van der Waals surface area contributed by atoms with Gasteiger partial charge in [0, 0.05) is 24.3 Å². The highest BCUT2D eigenvalue weighted by Crippen LogP contribution is 2.22. The Hall–Kier alpha value is -1.36. The number of carbonyl (C=O) groups excluding carboxylic acids is 1. The van der Waals surface area contributed by atoms with Crippen molar-refractivity contribution in [2.24, 2.45) is 5.73 Å². The second kappa shape index (κ2) is 6.39. The second-order valence-corrected chi connectivity index (χ2v) is 5.83. The van der Waals surface area contributed by atoms with Crippen LogP contribution < -0.4 is 5.73 Å². The van der Waals surface area contributed by atoms with Crippen LogP contribution in [0.3, 0.4) is 0 Å². The predicted octanol–water partition coefficient (Wildman–Crippen LogP) is 1.62. The molecule has 0 atom stereocenters. The zero-order valence-electron chi connectivity index (χ0n) is 12.8. The Bertz CT molecular complexity index is 460. The van der Waals surface area contributed by atoms with Gasteiger partial charge >= 0.3 is 0 Å². The maximum atomic E-state index is 12.5. The number of likely N-dealkylation sites (N-methyl/N-ethyl adjacent to an activating group) is 1. The molecule has 0 radical (unpaired) electrons. The average molecular weight is 278 g/mol. The molecule has 1 aromatic heterocycles. The first kappa shape index (κ1) is 15.0. The Morgan fingerprint density at radius 3 is 2.55 bits per heavy atom. The quantitative estimate of drug-likeness (QED) is 0.910. The van der Waals surface area contributed by atoms with E-state index in [1.165, 1.54) is 0 Å².